The van der Waals surface area contributed by atoms with Crippen LogP contribution in [0.1, 0.15) is 29.8 Å². The Bertz CT molecular complexity index is 939. The van der Waals surface area contributed by atoms with E-state index in [1.54, 1.807) is 12.1 Å². The molecule has 0 aliphatic carbocycles. The van der Waals surface area contributed by atoms with Gasteiger partial charge in [-0.3, -0.25) is 4.79 Å². The molecule has 2 unspecified atom stereocenters. The molecule has 2 aromatic rings. The lowest BCUT2D eigenvalue weighted by Gasteiger charge is -2.37. The Labute approximate surface area is 196 Å². The number of hydrogen-bond donors (Lipinski definition) is 3. The van der Waals surface area contributed by atoms with Crippen LogP contribution in [0.5, 0.6) is 0 Å². The van der Waals surface area contributed by atoms with Crippen LogP contribution in [0.15, 0.2) is 48.5 Å². The van der Waals surface area contributed by atoms with Crippen LogP contribution in [0.4, 0.5) is 16.2 Å². The number of morpholine rings is 1. The topological polar surface area (TPSA) is 85.9 Å². The maximum atomic E-state index is 12.6. The van der Waals surface area contributed by atoms with Crippen molar-refractivity contribution in [2.75, 3.05) is 50.5 Å². The molecule has 8 nitrogen and oxygen atoms in total. The van der Waals surface area contributed by atoms with Crippen molar-refractivity contribution in [1.82, 2.24) is 15.5 Å². The first-order chi connectivity index (χ1) is 15.8. The smallest absolute Gasteiger partial charge is 0.319 e. The minimum Gasteiger partial charge on any atom is -0.372 e. The van der Waals surface area contributed by atoms with Gasteiger partial charge in [0.15, 0.2) is 0 Å². The number of likely N-dealkylation sites (N-methyl/N-ethyl adjacent to an activating group) is 1. The first-order valence-electron chi connectivity index (χ1n) is 11.4. The van der Waals surface area contributed by atoms with Crippen LogP contribution in [-0.2, 0) is 11.3 Å². The molecular formula is C25H35N5O3. The van der Waals surface area contributed by atoms with Crippen molar-refractivity contribution in [3.8, 4) is 0 Å². The van der Waals surface area contributed by atoms with Gasteiger partial charge in [-0.1, -0.05) is 24.3 Å². The standard InChI is InChI=1S/C25H35N5O3/c1-18-16-30(17-19(2)33-18)23-11-6-5-10-22(23)28-25(32)27-15-20-8-7-9-21(14-20)24(31)26-12-13-29(3)4/h5-11,14,18-19H,12-13,15-17H2,1-4H3,(H,26,31)(H2,27,28,32). The SMILES string of the molecule is CC1CN(c2ccccc2NC(=O)NCc2cccc(C(=O)NCCN(C)C)c2)CC(C)O1. The molecule has 3 rings (SSSR count). The molecule has 1 fully saturated rings. The number of nitrogens with one attached hydrogen (secondary N) is 3. The summed E-state index contributed by atoms with van der Waals surface area (Å²) in [4.78, 5) is 29.2. The molecule has 1 aliphatic heterocycles. The van der Waals surface area contributed by atoms with Gasteiger partial charge in [0.1, 0.15) is 0 Å². The number of carbonyl (C=O) groups excluding carboxylic acids is 2. The minimum absolute atomic E-state index is 0.119. The normalized spacial score (nSPS) is 18.2. The lowest BCUT2D eigenvalue weighted by atomic mass is 10.1. The predicted octanol–water partition coefficient (Wildman–Crippen LogP) is 2.91. The third-order valence-electron chi connectivity index (χ3n) is 5.40. The first-order valence-corrected chi connectivity index (χ1v) is 11.4. The fraction of sp³-hybridized carbons (Fsp3) is 0.440. The van der Waals surface area contributed by atoms with E-state index in [9.17, 15) is 9.59 Å². The Balaban J connectivity index is 1.57. The van der Waals surface area contributed by atoms with Gasteiger partial charge in [-0.15, -0.1) is 0 Å². The molecule has 1 saturated heterocycles. The van der Waals surface area contributed by atoms with Gasteiger partial charge in [0.2, 0.25) is 0 Å². The number of urea groups is 1. The van der Waals surface area contributed by atoms with E-state index in [0.717, 1.165) is 36.6 Å². The van der Waals surface area contributed by atoms with Crippen molar-refractivity contribution in [1.29, 1.82) is 0 Å². The molecule has 0 spiro atoms. The van der Waals surface area contributed by atoms with Crippen molar-refractivity contribution in [2.24, 2.45) is 0 Å². The summed E-state index contributed by atoms with van der Waals surface area (Å²) < 4.78 is 5.83. The number of rotatable bonds is 8. The summed E-state index contributed by atoms with van der Waals surface area (Å²) in [6.45, 7) is 7.33. The van der Waals surface area contributed by atoms with Crippen molar-refractivity contribution in [3.63, 3.8) is 0 Å². The first kappa shape index (κ1) is 24.5. The average Bonchev–Trinajstić information content (AvgIpc) is 2.77. The Hall–Kier alpha value is -3.10. The lowest BCUT2D eigenvalue weighted by Crippen LogP contribution is -2.45. The summed E-state index contributed by atoms with van der Waals surface area (Å²) in [6, 6.07) is 14.8. The van der Waals surface area contributed by atoms with Crippen molar-refractivity contribution >= 4 is 23.3 Å². The highest BCUT2D eigenvalue weighted by Crippen LogP contribution is 2.28. The van der Waals surface area contributed by atoms with Crippen LogP contribution in [-0.4, -0.2) is 69.3 Å². The van der Waals surface area contributed by atoms with Crippen LogP contribution in [0, 0.1) is 0 Å². The zero-order valence-corrected chi connectivity index (χ0v) is 19.9. The Morgan fingerprint density at radius 3 is 2.48 bits per heavy atom. The van der Waals surface area contributed by atoms with Crippen molar-refractivity contribution in [2.45, 2.75) is 32.6 Å². The van der Waals surface area contributed by atoms with Gasteiger partial charge >= 0.3 is 6.03 Å². The number of anilines is 2. The van der Waals surface area contributed by atoms with E-state index in [-0.39, 0.29) is 24.1 Å². The number of ether oxygens (including phenoxy) is 1. The summed E-state index contributed by atoms with van der Waals surface area (Å²) in [5.41, 5.74) is 3.17. The van der Waals surface area contributed by atoms with Gasteiger partial charge in [0, 0.05) is 38.3 Å². The van der Waals surface area contributed by atoms with E-state index in [2.05, 4.69) is 34.7 Å². The average molecular weight is 454 g/mol. The Kier molecular flexibility index (Phi) is 8.68. The number of para-hydroxylation sites is 2. The largest absolute Gasteiger partial charge is 0.372 e. The maximum absolute atomic E-state index is 12.6. The highest BCUT2D eigenvalue weighted by molar-refractivity contribution is 5.95. The van der Waals surface area contributed by atoms with Crippen LogP contribution in [0.25, 0.3) is 0 Å². The minimum atomic E-state index is -0.294. The molecule has 0 bridgehead atoms. The van der Waals surface area contributed by atoms with Gasteiger partial charge < -0.3 is 30.5 Å². The Morgan fingerprint density at radius 2 is 1.76 bits per heavy atom. The predicted molar refractivity (Wildman–Crippen MR) is 132 cm³/mol. The second-order valence-corrected chi connectivity index (χ2v) is 8.75. The molecule has 0 aromatic heterocycles. The lowest BCUT2D eigenvalue weighted by molar-refractivity contribution is -0.00517. The number of hydrogen-bond acceptors (Lipinski definition) is 5. The zero-order valence-electron chi connectivity index (χ0n) is 19.9. The van der Waals surface area contributed by atoms with E-state index in [0.29, 0.717) is 18.7 Å². The third-order valence-corrected chi connectivity index (χ3v) is 5.40. The molecule has 0 radical (unpaired) electrons. The van der Waals surface area contributed by atoms with Gasteiger partial charge in [-0.2, -0.15) is 0 Å². The fourth-order valence-corrected chi connectivity index (χ4v) is 3.90. The number of nitrogens with zero attached hydrogens (tertiary/aromatic N) is 2. The number of benzene rings is 2. The molecule has 33 heavy (non-hydrogen) atoms. The fourth-order valence-electron chi connectivity index (χ4n) is 3.90. The molecule has 3 N–H and O–H groups in total. The Morgan fingerprint density at radius 1 is 1.03 bits per heavy atom. The van der Waals surface area contributed by atoms with Gasteiger partial charge in [-0.05, 0) is 57.8 Å². The summed E-state index contributed by atoms with van der Waals surface area (Å²) in [6.07, 6.45) is 0.256. The van der Waals surface area contributed by atoms with E-state index >= 15 is 0 Å². The highest BCUT2D eigenvalue weighted by Gasteiger charge is 2.24. The van der Waals surface area contributed by atoms with Gasteiger partial charge in [0.25, 0.3) is 5.91 Å². The van der Waals surface area contributed by atoms with E-state index < -0.39 is 0 Å². The molecular weight excluding hydrogens is 418 g/mol. The summed E-state index contributed by atoms with van der Waals surface area (Å²) in [5.74, 6) is -0.119. The van der Waals surface area contributed by atoms with Gasteiger partial charge in [0.05, 0.1) is 23.6 Å². The maximum Gasteiger partial charge on any atom is 0.319 e. The summed E-state index contributed by atoms with van der Waals surface area (Å²) >= 11 is 0. The van der Waals surface area contributed by atoms with Crippen molar-refractivity contribution in [3.05, 3.63) is 59.7 Å². The highest BCUT2D eigenvalue weighted by atomic mass is 16.5. The van der Waals surface area contributed by atoms with E-state index in [4.69, 9.17) is 4.74 Å². The van der Waals surface area contributed by atoms with E-state index in [1.807, 2.05) is 55.4 Å². The third kappa shape index (κ3) is 7.47. The van der Waals surface area contributed by atoms with Crippen LogP contribution in [0.3, 0.4) is 0 Å². The van der Waals surface area contributed by atoms with E-state index in [1.165, 1.54) is 0 Å². The summed E-state index contributed by atoms with van der Waals surface area (Å²) in [7, 11) is 3.92. The second-order valence-electron chi connectivity index (χ2n) is 8.75. The summed E-state index contributed by atoms with van der Waals surface area (Å²) in [5, 5.41) is 8.76. The molecule has 8 heteroatoms. The van der Waals surface area contributed by atoms with Crippen LogP contribution >= 0.6 is 0 Å². The molecule has 3 amide bonds. The number of amides is 3. The quantitative estimate of drug-likeness (QED) is 0.572. The van der Waals surface area contributed by atoms with Crippen LogP contribution in [0.2, 0.25) is 0 Å². The molecule has 178 valence electrons. The number of carbonyl (C=O) groups is 2. The molecule has 0 saturated carbocycles. The molecule has 1 aliphatic rings. The molecule has 2 aromatic carbocycles. The van der Waals surface area contributed by atoms with Gasteiger partial charge in [-0.25, -0.2) is 4.79 Å². The monoisotopic (exact) mass is 453 g/mol. The second kappa shape index (κ2) is 11.7. The zero-order chi connectivity index (χ0) is 23.8. The molecule has 1 heterocycles. The molecule has 2 atom stereocenters. The van der Waals surface area contributed by atoms with Crippen LogP contribution < -0.4 is 20.9 Å². The van der Waals surface area contributed by atoms with Crippen molar-refractivity contribution < 1.29 is 14.3 Å².